The molecule has 132 valence electrons. The van der Waals surface area contributed by atoms with Gasteiger partial charge in [0.1, 0.15) is 11.4 Å². The highest BCUT2D eigenvalue weighted by Gasteiger charge is 2.28. The zero-order valence-corrected chi connectivity index (χ0v) is 14.2. The minimum Gasteiger partial charge on any atom is -0.476 e. The van der Waals surface area contributed by atoms with Crippen molar-refractivity contribution >= 4 is 23.5 Å². The highest BCUT2D eigenvalue weighted by molar-refractivity contribution is 6.33. The highest BCUT2D eigenvalue weighted by Crippen LogP contribution is 2.28. The Labute approximate surface area is 152 Å². The van der Waals surface area contributed by atoms with Crippen LogP contribution in [0.1, 0.15) is 26.7 Å². The lowest BCUT2D eigenvalue weighted by Gasteiger charge is -2.26. The first kappa shape index (κ1) is 16.3. The summed E-state index contributed by atoms with van der Waals surface area (Å²) in [5, 5.41) is 17.5. The predicted molar refractivity (Wildman–Crippen MR) is 90.9 cm³/mol. The summed E-state index contributed by atoms with van der Waals surface area (Å²) in [6.45, 7) is 1.07. The standard InChI is InChI=1S/C17H13ClN4O4/c18-12-4-2-1-3-11(12)15-7-10(20-26-15)9-21-5-6-22-14(16(21)23)8-13(19-22)17(24)25/h1-4,7-8H,5-6,9H2,(H,24,25). The smallest absolute Gasteiger partial charge is 0.356 e. The fraction of sp³-hybridized carbons (Fsp3) is 0.176. The topological polar surface area (TPSA) is 101 Å². The molecule has 26 heavy (non-hydrogen) atoms. The number of aromatic nitrogens is 3. The van der Waals surface area contributed by atoms with E-state index in [0.717, 1.165) is 5.56 Å². The van der Waals surface area contributed by atoms with Crippen molar-refractivity contribution in [2.75, 3.05) is 6.54 Å². The Morgan fingerprint density at radius 2 is 2.08 bits per heavy atom. The fourth-order valence-corrected chi connectivity index (χ4v) is 3.09. The van der Waals surface area contributed by atoms with Gasteiger partial charge in [-0.15, -0.1) is 0 Å². The molecule has 1 aliphatic rings. The van der Waals surface area contributed by atoms with Crippen molar-refractivity contribution in [1.82, 2.24) is 19.8 Å². The molecule has 0 spiro atoms. The molecule has 1 N–H and O–H groups in total. The summed E-state index contributed by atoms with van der Waals surface area (Å²) < 4.78 is 6.76. The molecule has 1 aliphatic heterocycles. The van der Waals surface area contributed by atoms with Crippen LogP contribution in [-0.2, 0) is 13.1 Å². The molecule has 8 nitrogen and oxygen atoms in total. The lowest BCUT2D eigenvalue weighted by molar-refractivity contribution is 0.0668. The molecule has 0 saturated heterocycles. The lowest BCUT2D eigenvalue weighted by atomic mass is 10.1. The van der Waals surface area contributed by atoms with Crippen molar-refractivity contribution in [3.63, 3.8) is 0 Å². The number of carbonyl (C=O) groups is 2. The van der Waals surface area contributed by atoms with Crippen LogP contribution in [0.25, 0.3) is 11.3 Å². The summed E-state index contributed by atoms with van der Waals surface area (Å²) in [5.41, 5.74) is 1.42. The van der Waals surface area contributed by atoms with E-state index in [9.17, 15) is 9.59 Å². The second-order valence-corrected chi connectivity index (χ2v) is 6.24. The number of carboxylic acid groups (broad SMARTS) is 1. The van der Waals surface area contributed by atoms with Gasteiger partial charge in [-0.05, 0) is 12.1 Å². The third-order valence-corrected chi connectivity index (χ3v) is 4.47. The van der Waals surface area contributed by atoms with Gasteiger partial charge in [0.05, 0.1) is 18.1 Å². The monoisotopic (exact) mass is 372 g/mol. The van der Waals surface area contributed by atoms with Gasteiger partial charge in [0.15, 0.2) is 11.5 Å². The van der Waals surface area contributed by atoms with Crippen molar-refractivity contribution in [3.8, 4) is 11.3 Å². The van der Waals surface area contributed by atoms with E-state index in [1.54, 1.807) is 17.0 Å². The lowest BCUT2D eigenvalue weighted by Crippen LogP contribution is -2.39. The molecule has 0 atom stereocenters. The van der Waals surface area contributed by atoms with Crippen LogP contribution in [0.15, 0.2) is 40.9 Å². The summed E-state index contributed by atoms with van der Waals surface area (Å²) >= 11 is 6.16. The van der Waals surface area contributed by atoms with Crippen molar-refractivity contribution in [1.29, 1.82) is 0 Å². The summed E-state index contributed by atoms with van der Waals surface area (Å²) in [6.07, 6.45) is 0. The van der Waals surface area contributed by atoms with Gasteiger partial charge in [0.25, 0.3) is 5.91 Å². The van der Waals surface area contributed by atoms with E-state index in [1.165, 1.54) is 10.7 Å². The van der Waals surface area contributed by atoms with Gasteiger partial charge >= 0.3 is 5.97 Å². The first-order valence-corrected chi connectivity index (χ1v) is 8.21. The number of hydrogen-bond donors (Lipinski definition) is 1. The highest BCUT2D eigenvalue weighted by atomic mass is 35.5. The first-order chi connectivity index (χ1) is 12.5. The molecule has 0 unspecified atom stereocenters. The van der Waals surface area contributed by atoms with Crippen LogP contribution in [0.4, 0.5) is 0 Å². The van der Waals surface area contributed by atoms with E-state index < -0.39 is 5.97 Å². The SMILES string of the molecule is O=C(O)c1cc2n(n1)CCN(Cc1cc(-c3ccccc3Cl)on1)C2=O. The largest absolute Gasteiger partial charge is 0.476 e. The van der Waals surface area contributed by atoms with Gasteiger partial charge in [0, 0.05) is 24.2 Å². The third kappa shape index (κ3) is 2.84. The molecule has 0 aliphatic carbocycles. The Bertz CT molecular complexity index is 1010. The number of halogens is 1. The van der Waals surface area contributed by atoms with Gasteiger partial charge < -0.3 is 14.5 Å². The fourth-order valence-electron chi connectivity index (χ4n) is 2.86. The molecule has 0 saturated carbocycles. The Kier molecular flexibility index (Phi) is 3.96. The van der Waals surface area contributed by atoms with Crippen LogP contribution < -0.4 is 0 Å². The maximum Gasteiger partial charge on any atom is 0.356 e. The van der Waals surface area contributed by atoms with E-state index >= 15 is 0 Å². The zero-order valence-electron chi connectivity index (χ0n) is 13.4. The summed E-state index contributed by atoms with van der Waals surface area (Å²) in [5.74, 6) is -0.932. The number of benzene rings is 1. The van der Waals surface area contributed by atoms with Crippen molar-refractivity contribution in [2.24, 2.45) is 0 Å². The third-order valence-electron chi connectivity index (χ3n) is 4.14. The maximum absolute atomic E-state index is 12.6. The number of fused-ring (bicyclic) bond motifs is 1. The molecular weight excluding hydrogens is 360 g/mol. The van der Waals surface area contributed by atoms with Crippen LogP contribution >= 0.6 is 11.6 Å². The molecular formula is C17H13ClN4O4. The van der Waals surface area contributed by atoms with Crippen molar-refractivity contribution < 1.29 is 19.2 Å². The second-order valence-electron chi connectivity index (χ2n) is 5.83. The number of aromatic carboxylic acids is 1. The van der Waals surface area contributed by atoms with Crippen LogP contribution in [-0.4, -0.2) is 43.4 Å². The number of hydrogen-bond acceptors (Lipinski definition) is 5. The second kappa shape index (κ2) is 6.30. The van der Waals surface area contributed by atoms with E-state index in [-0.39, 0.29) is 23.8 Å². The molecule has 3 aromatic rings. The number of rotatable bonds is 4. The van der Waals surface area contributed by atoms with Gasteiger partial charge in [-0.2, -0.15) is 5.10 Å². The van der Waals surface area contributed by atoms with Gasteiger partial charge in [-0.25, -0.2) is 4.79 Å². The van der Waals surface area contributed by atoms with E-state index in [0.29, 0.717) is 29.6 Å². The molecule has 1 aromatic carbocycles. The number of amides is 1. The molecule has 1 amide bonds. The molecule has 0 radical (unpaired) electrons. The number of nitrogens with zero attached hydrogens (tertiary/aromatic N) is 4. The molecule has 4 rings (SSSR count). The summed E-state index contributed by atoms with van der Waals surface area (Å²) in [6, 6.07) is 10.3. The maximum atomic E-state index is 12.6. The van der Waals surface area contributed by atoms with E-state index in [2.05, 4.69) is 10.3 Å². The van der Waals surface area contributed by atoms with E-state index in [4.69, 9.17) is 21.2 Å². The number of carbonyl (C=O) groups excluding carboxylic acids is 1. The molecule has 2 aromatic heterocycles. The average Bonchev–Trinajstić information content (AvgIpc) is 3.25. The average molecular weight is 373 g/mol. The van der Waals surface area contributed by atoms with Crippen molar-refractivity contribution in [2.45, 2.75) is 13.1 Å². The minimum atomic E-state index is -1.16. The van der Waals surface area contributed by atoms with Gasteiger partial charge in [-0.3, -0.25) is 9.48 Å². The zero-order chi connectivity index (χ0) is 18.3. The minimum absolute atomic E-state index is 0.141. The van der Waals surface area contributed by atoms with Crippen LogP contribution in [0.5, 0.6) is 0 Å². The van der Waals surface area contributed by atoms with Crippen molar-refractivity contribution in [3.05, 3.63) is 58.5 Å². The predicted octanol–water partition coefficient (Wildman–Crippen LogP) is 2.55. The van der Waals surface area contributed by atoms with Crippen LogP contribution in [0.2, 0.25) is 5.02 Å². The first-order valence-electron chi connectivity index (χ1n) is 7.84. The van der Waals surface area contributed by atoms with Crippen LogP contribution in [0.3, 0.4) is 0 Å². The van der Waals surface area contributed by atoms with Crippen LogP contribution in [0, 0.1) is 0 Å². The quantitative estimate of drug-likeness (QED) is 0.755. The molecule has 0 bridgehead atoms. The number of carboxylic acids is 1. The molecule has 0 fully saturated rings. The Hall–Kier alpha value is -3.13. The van der Waals surface area contributed by atoms with E-state index in [1.807, 2.05) is 18.2 Å². The Morgan fingerprint density at radius 3 is 2.85 bits per heavy atom. The van der Waals surface area contributed by atoms with Gasteiger partial charge in [0.2, 0.25) is 0 Å². The Morgan fingerprint density at radius 1 is 1.27 bits per heavy atom. The van der Waals surface area contributed by atoms with Gasteiger partial charge in [-0.1, -0.05) is 28.9 Å². The summed E-state index contributed by atoms with van der Waals surface area (Å²) in [7, 11) is 0. The normalized spacial score (nSPS) is 13.7. The Balaban J connectivity index is 1.54. The molecule has 9 heteroatoms. The summed E-state index contributed by atoms with van der Waals surface area (Å²) in [4.78, 5) is 25.2. The molecule has 3 heterocycles.